The van der Waals surface area contributed by atoms with Crippen molar-refractivity contribution in [2.45, 2.75) is 70.8 Å². The van der Waals surface area contributed by atoms with Gasteiger partial charge in [-0.3, -0.25) is 0 Å². The molecular weight excluding hydrogens is 300 g/mol. The maximum absolute atomic E-state index is 11.2. The molecule has 0 bridgehead atoms. The summed E-state index contributed by atoms with van der Waals surface area (Å²) < 4.78 is 0. The number of aliphatic hydroxyl groups is 3. The number of hydrogen-bond acceptors (Lipinski definition) is 3. The second-order valence-electron chi connectivity index (χ2n) is 9.32. The third-order valence-corrected chi connectivity index (χ3v) is 8.64. The maximum Gasteiger partial charge on any atom is 0.0585 e. The molecule has 0 aromatic heterocycles. The van der Waals surface area contributed by atoms with Crippen LogP contribution in [-0.2, 0) is 0 Å². The van der Waals surface area contributed by atoms with Gasteiger partial charge in [0.05, 0.1) is 6.10 Å². The van der Waals surface area contributed by atoms with Crippen molar-refractivity contribution in [2.24, 2.45) is 34.5 Å². The summed E-state index contributed by atoms with van der Waals surface area (Å²) in [6.45, 7) is 2.79. The van der Waals surface area contributed by atoms with E-state index in [1.807, 2.05) is 0 Å². The van der Waals surface area contributed by atoms with Crippen molar-refractivity contribution in [3.8, 4) is 0 Å². The lowest BCUT2D eigenvalue weighted by Gasteiger charge is -2.60. The Hall–Kier alpha value is -0.380. The lowest BCUT2D eigenvalue weighted by Crippen LogP contribution is -2.58. The molecule has 136 valence electrons. The van der Waals surface area contributed by atoms with Gasteiger partial charge < -0.3 is 15.3 Å². The highest BCUT2D eigenvalue weighted by molar-refractivity contribution is 5.25. The van der Waals surface area contributed by atoms with Crippen LogP contribution in [0.4, 0.5) is 0 Å². The van der Waals surface area contributed by atoms with Crippen LogP contribution in [0.2, 0.25) is 0 Å². The van der Waals surface area contributed by atoms with E-state index >= 15 is 0 Å². The van der Waals surface area contributed by atoms with E-state index in [0.717, 1.165) is 19.3 Å². The molecule has 24 heavy (non-hydrogen) atoms. The zero-order valence-corrected chi connectivity index (χ0v) is 15.1. The van der Waals surface area contributed by atoms with Crippen LogP contribution in [-0.4, -0.2) is 34.6 Å². The molecule has 0 aliphatic heterocycles. The molecule has 7 atom stereocenters. The standard InChI is InChI=1S/C21H34O3/c1-20-10-3-2-4-14(20)5-7-16-17-8-6-15(9-11-22)21(17,13-23)12-18(24)19(16)20/h4,15-19,22-24H,2-3,5-13H2,1H3/t15-,16+,17+,18+,19-,20+,21+/m1/s1. The molecule has 3 nitrogen and oxygen atoms in total. The average Bonchev–Trinajstić information content (AvgIpc) is 2.93. The van der Waals surface area contributed by atoms with Gasteiger partial charge in [-0.2, -0.15) is 0 Å². The van der Waals surface area contributed by atoms with Gasteiger partial charge >= 0.3 is 0 Å². The van der Waals surface area contributed by atoms with Gasteiger partial charge in [0.1, 0.15) is 0 Å². The van der Waals surface area contributed by atoms with Crippen molar-refractivity contribution >= 4 is 0 Å². The van der Waals surface area contributed by atoms with Gasteiger partial charge in [-0.1, -0.05) is 18.6 Å². The van der Waals surface area contributed by atoms with Crippen LogP contribution in [0.25, 0.3) is 0 Å². The number of allylic oxidation sites excluding steroid dienone is 2. The first kappa shape index (κ1) is 17.1. The summed E-state index contributed by atoms with van der Waals surface area (Å²) in [5, 5.41) is 31.1. The molecule has 4 aliphatic carbocycles. The summed E-state index contributed by atoms with van der Waals surface area (Å²) in [5.41, 5.74) is 1.64. The van der Waals surface area contributed by atoms with Crippen molar-refractivity contribution in [1.29, 1.82) is 0 Å². The Balaban J connectivity index is 1.70. The summed E-state index contributed by atoms with van der Waals surface area (Å²) in [5.74, 6) is 1.83. The van der Waals surface area contributed by atoms with Crippen LogP contribution in [0, 0.1) is 34.5 Å². The first-order chi connectivity index (χ1) is 11.6. The summed E-state index contributed by atoms with van der Waals surface area (Å²) in [7, 11) is 0. The minimum Gasteiger partial charge on any atom is -0.396 e. The number of aliphatic hydroxyl groups excluding tert-OH is 3. The molecule has 0 heterocycles. The largest absolute Gasteiger partial charge is 0.396 e. The van der Waals surface area contributed by atoms with Crippen molar-refractivity contribution in [2.75, 3.05) is 13.2 Å². The smallest absolute Gasteiger partial charge is 0.0585 e. The second-order valence-corrected chi connectivity index (χ2v) is 9.32. The number of fused-ring (bicyclic) bond motifs is 5. The van der Waals surface area contributed by atoms with Crippen LogP contribution in [0.3, 0.4) is 0 Å². The fraction of sp³-hybridized carbons (Fsp3) is 0.905. The first-order valence-electron chi connectivity index (χ1n) is 10.2. The molecule has 0 amide bonds. The van der Waals surface area contributed by atoms with Crippen LogP contribution in [0.5, 0.6) is 0 Å². The van der Waals surface area contributed by atoms with Gasteiger partial charge in [-0.15, -0.1) is 0 Å². The minimum atomic E-state index is -0.301. The summed E-state index contributed by atoms with van der Waals surface area (Å²) >= 11 is 0. The zero-order chi connectivity index (χ0) is 16.9. The predicted molar refractivity (Wildman–Crippen MR) is 94.3 cm³/mol. The molecule has 0 aromatic rings. The highest BCUT2D eigenvalue weighted by atomic mass is 16.3. The molecule has 0 spiro atoms. The SMILES string of the molecule is C[C@]12CCCC=C1CC[C@@H]1[C@@H]2[C@@H](O)C[C@]2(CO)[C@@H](CCO)CC[C@@H]12. The molecule has 0 aromatic carbocycles. The van der Waals surface area contributed by atoms with E-state index in [0.29, 0.717) is 23.7 Å². The Kier molecular flexibility index (Phi) is 4.34. The summed E-state index contributed by atoms with van der Waals surface area (Å²) in [4.78, 5) is 0. The molecule has 0 saturated heterocycles. The van der Waals surface area contributed by atoms with Crippen LogP contribution in [0.1, 0.15) is 64.7 Å². The fourth-order valence-corrected chi connectivity index (χ4v) is 7.68. The molecule has 3 saturated carbocycles. The second kappa shape index (κ2) is 6.10. The predicted octanol–water partition coefficient (Wildman–Crippen LogP) is 3.28. The molecule has 0 unspecified atom stereocenters. The average molecular weight is 335 g/mol. The van der Waals surface area contributed by atoms with Crippen molar-refractivity contribution in [1.82, 2.24) is 0 Å². The van der Waals surface area contributed by atoms with Gasteiger partial charge in [-0.05, 0) is 86.9 Å². The fourth-order valence-electron chi connectivity index (χ4n) is 7.68. The van der Waals surface area contributed by atoms with Gasteiger partial charge in [-0.25, -0.2) is 0 Å². The van der Waals surface area contributed by atoms with Crippen LogP contribution in [0.15, 0.2) is 11.6 Å². The van der Waals surface area contributed by atoms with E-state index in [1.165, 1.54) is 38.5 Å². The van der Waals surface area contributed by atoms with Gasteiger partial charge in [0.2, 0.25) is 0 Å². The van der Waals surface area contributed by atoms with E-state index in [9.17, 15) is 15.3 Å². The highest BCUT2D eigenvalue weighted by Crippen LogP contribution is 2.67. The molecule has 4 rings (SSSR count). The molecule has 3 N–H and O–H groups in total. The molecule has 3 heteroatoms. The normalized spacial score (nSPS) is 50.7. The van der Waals surface area contributed by atoms with Crippen LogP contribution >= 0.6 is 0 Å². The Morgan fingerprint density at radius 2 is 2.04 bits per heavy atom. The Morgan fingerprint density at radius 1 is 1.21 bits per heavy atom. The summed E-state index contributed by atoms with van der Waals surface area (Å²) in [6, 6.07) is 0. The topological polar surface area (TPSA) is 60.7 Å². The van der Waals surface area contributed by atoms with Crippen molar-refractivity contribution < 1.29 is 15.3 Å². The van der Waals surface area contributed by atoms with Crippen LogP contribution < -0.4 is 0 Å². The van der Waals surface area contributed by atoms with Gasteiger partial charge in [0, 0.05) is 18.6 Å². The van der Waals surface area contributed by atoms with E-state index in [2.05, 4.69) is 13.0 Å². The van der Waals surface area contributed by atoms with Gasteiger partial charge in [0.25, 0.3) is 0 Å². The van der Waals surface area contributed by atoms with E-state index in [-0.39, 0.29) is 30.1 Å². The zero-order valence-electron chi connectivity index (χ0n) is 15.1. The quantitative estimate of drug-likeness (QED) is 0.694. The Bertz CT molecular complexity index is 515. The third kappa shape index (κ3) is 2.20. The minimum absolute atomic E-state index is 0.143. The first-order valence-corrected chi connectivity index (χ1v) is 10.2. The van der Waals surface area contributed by atoms with E-state index in [1.54, 1.807) is 5.57 Å². The lowest BCUT2D eigenvalue weighted by molar-refractivity contribution is -0.149. The van der Waals surface area contributed by atoms with Crippen molar-refractivity contribution in [3.05, 3.63) is 11.6 Å². The Labute approximate surface area is 146 Å². The lowest BCUT2D eigenvalue weighted by atomic mass is 9.45. The Morgan fingerprint density at radius 3 is 2.79 bits per heavy atom. The summed E-state index contributed by atoms with van der Waals surface area (Å²) in [6.07, 6.45) is 12.0. The molecular formula is C21H34O3. The number of rotatable bonds is 3. The molecule has 4 aliphatic rings. The third-order valence-electron chi connectivity index (χ3n) is 8.64. The maximum atomic E-state index is 11.2. The molecule has 3 fully saturated rings. The van der Waals surface area contributed by atoms with E-state index < -0.39 is 0 Å². The highest BCUT2D eigenvalue weighted by Gasteiger charge is 2.62. The van der Waals surface area contributed by atoms with E-state index in [4.69, 9.17) is 0 Å². The van der Waals surface area contributed by atoms with Gasteiger partial charge in [0.15, 0.2) is 0 Å². The van der Waals surface area contributed by atoms with Crippen molar-refractivity contribution in [3.63, 3.8) is 0 Å². The molecule has 0 radical (unpaired) electrons. The monoisotopic (exact) mass is 334 g/mol. The number of hydrogen-bond donors (Lipinski definition) is 3.